The van der Waals surface area contributed by atoms with Crippen LogP contribution >= 0.6 is 0 Å². The number of nitro benzene ring substituents is 1. The lowest BCUT2D eigenvalue weighted by Crippen LogP contribution is -2.44. The Hall–Kier alpha value is -3.17. The van der Waals surface area contributed by atoms with Crippen LogP contribution in [0, 0.1) is 10.1 Å². The summed E-state index contributed by atoms with van der Waals surface area (Å²) in [6.45, 7) is 3.53. The van der Waals surface area contributed by atoms with Crippen LogP contribution in [0.1, 0.15) is 37.3 Å². The lowest BCUT2D eigenvalue weighted by Gasteiger charge is -2.40. The second kappa shape index (κ2) is 8.29. The quantitative estimate of drug-likeness (QED) is 0.448. The van der Waals surface area contributed by atoms with Crippen LogP contribution in [-0.2, 0) is 10.3 Å². The number of non-ortho nitro benzene ring substituents is 1. The molecule has 0 saturated carbocycles. The van der Waals surface area contributed by atoms with E-state index in [1.165, 1.54) is 6.07 Å². The van der Waals surface area contributed by atoms with E-state index in [0.29, 0.717) is 30.3 Å². The molecular formula is C21H23N5O4. The molecule has 4 rings (SSSR count). The van der Waals surface area contributed by atoms with Gasteiger partial charge in [0.2, 0.25) is 5.82 Å². The number of ether oxygens (including phenoxy) is 1. The van der Waals surface area contributed by atoms with Gasteiger partial charge in [0.25, 0.3) is 11.6 Å². The van der Waals surface area contributed by atoms with Gasteiger partial charge in [-0.25, -0.2) is 0 Å². The van der Waals surface area contributed by atoms with Gasteiger partial charge in [-0.3, -0.25) is 20.0 Å². The first-order valence-electron chi connectivity index (χ1n) is 9.81. The molecule has 9 nitrogen and oxygen atoms in total. The monoisotopic (exact) mass is 409 g/mol. The van der Waals surface area contributed by atoms with Crippen molar-refractivity contribution in [3.63, 3.8) is 0 Å². The first-order chi connectivity index (χ1) is 14.5. The number of nitrogens with zero attached hydrogens (tertiary/aromatic N) is 5. The summed E-state index contributed by atoms with van der Waals surface area (Å²) in [7, 11) is 1.66. The van der Waals surface area contributed by atoms with Gasteiger partial charge in [0, 0.05) is 44.6 Å². The fraction of sp³-hybridized carbons (Fsp3) is 0.381. The third-order valence-electron chi connectivity index (χ3n) is 5.82. The Bertz CT molecular complexity index is 1020. The number of hydrogen-bond donors (Lipinski definition) is 0. The lowest BCUT2D eigenvalue weighted by molar-refractivity contribution is -0.385. The Morgan fingerprint density at radius 1 is 1.23 bits per heavy atom. The van der Waals surface area contributed by atoms with Gasteiger partial charge >= 0.3 is 0 Å². The normalized spacial score (nSPS) is 17.5. The molecule has 0 spiro atoms. The minimum atomic E-state index is -0.654. The number of likely N-dealkylation sites (tertiary alicyclic amines) is 1. The molecule has 0 amide bonds. The number of hydrogen-bond acceptors (Lipinski definition) is 8. The first-order valence-corrected chi connectivity index (χ1v) is 9.81. The molecule has 0 radical (unpaired) electrons. The molecule has 0 aliphatic carbocycles. The van der Waals surface area contributed by atoms with E-state index < -0.39 is 5.60 Å². The maximum atomic E-state index is 11.1. The van der Waals surface area contributed by atoms with Gasteiger partial charge in [-0.15, -0.1) is 0 Å². The standard InChI is InChI=1S/C21H23N5O4/c1-15(16-6-5-7-17(14-16)26(27)28)25-12-9-21(29-2,10-13-25)20-23-19(24-30-20)18-8-3-4-11-22-18/h3-8,11,14-15H,9-10,12-13H2,1-2H3/t15-/m0/s1. The minimum absolute atomic E-state index is 0.0477. The number of nitro groups is 1. The van der Waals surface area contributed by atoms with Crippen molar-refractivity contribution in [2.24, 2.45) is 0 Å². The number of aromatic nitrogens is 3. The fourth-order valence-electron chi connectivity index (χ4n) is 3.89. The first kappa shape index (κ1) is 20.1. The molecule has 1 aliphatic rings. The largest absolute Gasteiger partial charge is 0.368 e. The van der Waals surface area contributed by atoms with Crippen molar-refractivity contribution in [3.8, 4) is 11.5 Å². The van der Waals surface area contributed by atoms with Crippen LogP contribution in [0.3, 0.4) is 0 Å². The smallest absolute Gasteiger partial charge is 0.269 e. The summed E-state index contributed by atoms with van der Waals surface area (Å²) in [6, 6.07) is 12.4. The molecular weight excluding hydrogens is 386 g/mol. The summed E-state index contributed by atoms with van der Waals surface area (Å²) in [5.41, 5.74) is 1.02. The zero-order chi connectivity index (χ0) is 21.1. The molecule has 0 N–H and O–H groups in total. The van der Waals surface area contributed by atoms with Gasteiger partial charge in [-0.2, -0.15) is 4.98 Å². The number of methoxy groups -OCH3 is 1. The molecule has 3 aromatic rings. The van der Waals surface area contributed by atoms with E-state index >= 15 is 0 Å². The summed E-state index contributed by atoms with van der Waals surface area (Å²) in [5.74, 6) is 0.891. The van der Waals surface area contributed by atoms with Crippen molar-refractivity contribution < 1.29 is 14.2 Å². The molecule has 3 heterocycles. The van der Waals surface area contributed by atoms with Crippen LogP contribution in [0.4, 0.5) is 5.69 Å². The Labute approximate surface area is 173 Å². The van der Waals surface area contributed by atoms with Crippen molar-refractivity contribution in [1.29, 1.82) is 0 Å². The Morgan fingerprint density at radius 3 is 2.70 bits per heavy atom. The summed E-state index contributed by atoms with van der Waals surface area (Å²) in [6.07, 6.45) is 3.03. The average Bonchev–Trinajstić information content (AvgIpc) is 3.30. The van der Waals surface area contributed by atoms with Crippen LogP contribution < -0.4 is 0 Å². The maximum Gasteiger partial charge on any atom is 0.269 e. The Morgan fingerprint density at radius 2 is 2.03 bits per heavy atom. The predicted molar refractivity (Wildman–Crippen MR) is 109 cm³/mol. The molecule has 1 aliphatic heterocycles. The highest BCUT2D eigenvalue weighted by molar-refractivity contribution is 5.47. The third kappa shape index (κ3) is 3.81. The Balaban J connectivity index is 1.49. The van der Waals surface area contributed by atoms with Crippen molar-refractivity contribution in [2.45, 2.75) is 31.4 Å². The lowest BCUT2D eigenvalue weighted by atomic mass is 9.89. The number of benzene rings is 1. The predicted octanol–water partition coefficient (Wildman–Crippen LogP) is 3.74. The highest BCUT2D eigenvalue weighted by Gasteiger charge is 2.42. The van der Waals surface area contributed by atoms with Crippen LogP contribution in [-0.4, -0.2) is 45.1 Å². The van der Waals surface area contributed by atoms with Crippen LogP contribution in [0.2, 0.25) is 0 Å². The van der Waals surface area contributed by atoms with E-state index in [9.17, 15) is 10.1 Å². The SMILES string of the molecule is COC1(c2nc(-c3ccccn3)no2)CCN([C@@H](C)c2cccc([N+](=O)[O-])c2)CC1. The molecule has 0 bridgehead atoms. The maximum absolute atomic E-state index is 11.1. The molecule has 156 valence electrons. The molecule has 9 heteroatoms. The van der Waals surface area contributed by atoms with E-state index in [-0.39, 0.29) is 16.7 Å². The molecule has 1 saturated heterocycles. The summed E-state index contributed by atoms with van der Waals surface area (Å²) >= 11 is 0. The van der Waals surface area contributed by atoms with Gasteiger partial charge in [-0.1, -0.05) is 23.4 Å². The molecule has 0 unspecified atom stereocenters. The minimum Gasteiger partial charge on any atom is -0.368 e. The highest BCUT2D eigenvalue weighted by Crippen LogP contribution is 2.38. The van der Waals surface area contributed by atoms with Gasteiger partial charge in [0.05, 0.1) is 4.92 Å². The number of rotatable bonds is 6. The van der Waals surface area contributed by atoms with Gasteiger partial charge in [-0.05, 0) is 37.5 Å². The van der Waals surface area contributed by atoms with Crippen LogP contribution in [0.25, 0.3) is 11.5 Å². The van der Waals surface area contributed by atoms with E-state index in [0.717, 1.165) is 18.7 Å². The van der Waals surface area contributed by atoms with Gasteiger partial charge < -0.3 is 9.26 Å². The van der Waals surface area contributed by atoms with Crippen molar-refractivity contribution in [1.82, 2.24) is 20.0 Å². The van der Waals surface area contributed by atoms with Crippen molar-refractivity contribution in [3.05, 3.63) is 70.2 Å². The number of piperidine rings is 1. The summed E-state index contributed by atoms with van der Waals surface area (Å²) in [4.78, 5) is 21.8. The second-order valence-corrected chi connectivity index (χ2v) is 7.40. The highest BCUT2D eigenvalue weighted by atomic mass is 16.6. The zero-order valence-corrected chi connectivity index (χ0v) is 16.9. The van der Waals surface area contributed by atoms with Crippen molar-refractivity contribution in [2.75, 3.05) is 20.2 Å². The van der Waals surface area contributed by atoms with E-state index in [1.54, 1.807) is 25.4 Å². The van der Waals surface area contributed by atoms with Crippen LogP contribution in [0.5, 0.6) is 0 Å². The molecule has 2 aromatic heterocycles. The van der Waals surface area contributed by atoms with Gasteiger partial charge in [0.1, 0.15) is 11.3 Å². The second-order valence-electron chi connectivity index (χ2n) is 7.40. The topological polar surface area (TPSA) is 107 Å². The Kier molecular flexibility index (Phi) is 5.56. The van der Waals surface area contributed by atoms with Crippen LogP contribution in [0.15, 0.2) is 53.2 Å². The van der Waals surface area contributed by atoms with E-state index in [1.807, 2.05) is 24.3 Å². The molecule has 1 fully saturated rings. The zero-order valence-electron chi connectivity index (χ0n) is 16.9. The van der Waals surface area contributed by atoms with Gasteiger partial charge in [0.15, 0.2) is 0 Å². The number of pyridine rings is 1. The third-order valence-corrected chi connectivity index (χ3v) is 5.82. The molecule has 30 heavy (non-hydrogen) atoms. The summed E-state index contributed by atoms with van der Waals surface area (Å²) in [5, 5.41) is 15.2. The average molecular weight is 409 g/mol. The van der Waals surface area contributed by atoms with E-state index in [2.05, 4.69) is 26.9 Å². The van der Waals surface area contributed by atoms with Crippen molar-refractivity contribution >= 4 is 5.69 Å². The fourth-order valence-corrected chi connectivity index (χ4v) is 3.89. The summed E-state index contributed by atoms with van der Waals surface area (Å²) < 4.78 is 11.4. The van der Waals surface area contributed by atoms with E-state index in [4.69, 9.17) is 9.26 Å². The molecule has 1 atom stereocenters. The molecule has 1 aromatic carbocycles.